The van der Waals surface area contributed by atoms with Crippen LogP contribution in [0.15, 0.2) is 53.3 Å². The van der Waals surface area contributed by atoms with Gasteiger partial charge in [0.25, 0.3) is 5.91 Å². The van der Waals surface area contributed by atoms with Gasteiger partial charge in [-0.15, -0.1) is 0 Å². The Morgan fingerprint density at radius 3 is 2.89 bits per heavy atom. The first-order chi connectivity index (χ1) is 13.3. The molecule has 27 heavy (non-hydrogen) atoms. The summed E-state index contributed by atoms with van der Waals surface area (Å²) in [5.41, 5.74) is 2.74. The molecule has 5 heteroatoms. The van der Waals surface area contributed by atoms with Crippen molar-refractivity contribution in [1.29, 1.82) is 0 Å². The molecule has 3 aromatic rings. The molecule has 5 nitrogen and oxygen atoms in total. The van der Waals surface area contributed by atoms with Crippen LogP contribution in [0.1, 0.15) is 28.0 Å². The summed E-state index contributed by atoms with van der Waals surface area (Å²) >= 11 is 0. The summed E-state index contributed by atoms with van der Waals surface area (Å²) in [7, 11) is 0. The van der Waals surface area contributed by atoms with Crippen molar-refractivity contribution in [3.63, 3.8) is 0 Å². The fourth-order valence-corrected chi connectivity index (χ4v) is 4.01. The summed E-state index contributed by atoms with van der Waals surface area (Å²) in [5, 5.41) is 3.97. The number of amides is 1. The molecule has 0 saturated carbocycles. The molecule has 134 valence electrons. The van der Waals surface area contributed by atoms with Crippen LogP contribution in [0.5, 0.6) is 0 Å². The molecule has 2 aliphatic rings. The number of aromatic nitrogens is 1. The van der Waals surface area contributed by atoms with Gasteiger partial charge in [0, 0.05) is 30.1 Å². The average Bonchev–Trinajstić information content (AvgIpc) is 3.42. The Bertz CT molecular complexity index is 1060. The van der Waals surface area contributed by atoms with E-state index in [0.29, 0.717) is 17.2 Å². The fraction of sp³-hybridized carbons (Fsp3) is 0.273. The minimum absolute atomic E-state index is 0.126. The molecule has 4 heterocycles. The van der Waals surface area contributed by atoms with E-state index >= 15 is 0 Å². The van der Waals surface area contributed by atoms with Crippen LogP contribution in [0, 0.1) is 17.8 Å². The Morgan fingerprint density at radius 2 is 2.11 bits per heavy atom. The molecular weight excluding hydrogens is 338 g/mol. The molecule has 3 atom stereocenters. The second-order valence-electron chi connectivity index (χ2n) is 7.22. The Morgan fingerprint density at radius 1 is 1.22 bits per heavy atom. The summed E-state index contributed by atoms with van der Waals surface area (Å²) in [6.45, 7) is 3.19. The van der Waals surface area contributed by atoms with E-state index in [1.165, 1.54) is 6.42 Å². The zero-order valence-corrected chi connectivity index (χ0v) is 14.8. The molecule has 1 N–H and O–H groups in total. The lowest BCUT2D eigenvalue weighted by atomic mass is 10.00. The van der Waals surface area contributed by atoms with Crippen LogP contribution in [0.3, 0.4) is 0 Å². The summed E-state index contributed by atoms with van der Waals surface area (Å²) in [5.74, 6) is 6.71. The SMILES string of the molecule is O=C(NC1CN2CC[C@H]1C2)c1cc2c(C#Cc3ccccc3)coc2cn1. The molecule has 2 saturated heterocycles. The molecule has 0 spiro atoms. The maximum atomic E-state index is 12.7. The standard InChI is InChI=1S/C22H19N3O2/c26-22(24-20-13-25-9-8-16(20)12-25)19-10-18-17(14-27-21(18)11-23-19)7-6-15-4-2-1-3-5-15/h1-5,10-11,14,16,20H,8-9,12-13H2,(H,24,26)/t16-,20?/m0/s1. The van der Waals surface area contributed by atoms with E-state index in [9.17, 15) is 4.79 Å². The predicted octanol–water partition coefficient (Wildman–Crippen LogP) is 2.66. The monoisotopic (exact) mass is 357 g/mol. The van der Waals surface area contributed by atoms with Crippen LogP contribution < -0.4 is 5.32 Å². The number of benzene rings is 1. The Kier molecular flexibility index (Phi) is 3.92. The van der Waals surface area contributed by atoms with E-state index in [-0.39, 0.29) is 11.9 Å². The van der Waals surface area contributed by atoms with Gasteiger partial charge in [0.2, 0.25) is 0 Å². The third-order valence-electron chi connectivity index (χ3n) is 5.46. The molecule has 5 rings (SSSR count). The summed E-state index contributed by atoms with van der Waals surface area (Å²) in [4.78, 5) is 19.4. The average molecular weight is 357 g/mol. The number of hydrogen-bond donors (Lipinski definition) is 1. The second-order valence-corrected chi connectivity index (χ2v) is 7.22. The van der Waals surface area contributed by atoms with Crippen LogP contribution in [0.2, 0.25) is 0 Å². The second kappa shape index (κ2) is 6.57. The smallest absolute Gasteiger partial charge is 0.270 e. The molecule has 0 aliphatic carbocycles. The number of piperidine rings is 1. The maximum absolute atomic E-state index is 12.7. The van der Waals surface area contributed by atoms with E-state index < -0.39 is 0 Å². The summed E-state index contributed by atoms with van der Waals surface area (Å²) in [6, 6.07) is 11.8. The quantitative estimate of drug-likeness (QED) is 0.717. The van der Waals surface area contributed by atoms with Crippen molar-refractivity contribution in [2.24, 2.45) is 5.92 Å². The van der Waals surface area contributed by atoms with E-state index in [2.05, 4.69) is 27.0 Å². The van der Waals surface area contributed by atoms with Crippen LogP contribution in [0.25, 0.3) is 11.0 Å². The van der Waals surface area contributed by atoms with Crippen LogP contribution >= 0.6 is 0 Å². The number of fused-ring (bicyclic) bond motifs is 3. The number of nitrogens with one attached hydrogen (secondary N) is 1. The van der Waals surface area contributed by atoms with Crippen molar-refractivity contribution in [3.8, 4) is 11.8 Å². The molecule has 2 aliphatic heterocycles. The molecule has 1 amide bonds. The van der Waals surface area contributed by atoms with Crippen molar-refractivity contribution in [2.45, 2.75) is 12.5 Å². The highest BCUT2D eigenvalue weighted by Crippen LogP contribution is 2.28. The highest BCUT2D eigenvalue weighted by atomic mass is 16.3. The fourth-order valence-electron chi connectivity index (χ4n) is 4.01. The van der Waals surface area contributed by atoms with E-state index in [1.807, 2.05) is 30.3 Å². The van der Waals surface area contributed by atoms with Gasteiger partial charge in [-0.3, -0.25) is 4.79 Å². The highest BCUT2D eigenvalue weighted by Gasteiger charge is 2.38. The molecule has 2 bridgehead atoms. The van der Waals surface area contributed by atoms with Gasteiger partial charge in [-0.1, -0.05) is 30.0 Å². The third-order valence-corrected chi connectivity index (χ3v) is 5.46. The predicted molar refractivity (Wildman–Crippen MR) is 102 cm³/mol. The number of carbonyl (C=O) groups excluding carboxylic acids is 1. The molecule has 2 unspecified atom stereocenters. The number of furan rings is 1. The highest BCUT2D eigenvalue weighted by molar-refractivity contribution is 5.97. The maximum Gasteiger partial charge on any atom is 0.270 e. The lowest BCUT2D eigenvalue weighted by Crippen LogP contribution is -2.43. The first-order valence-electron chi connectivity index (χ1n) is 9.24. The molecular formula is C22H19N3O2. The van der Waals surface area contributed by atoms with Crippen molar-refractivity contribution in [3.05, 3.63) is 65.7 Å². The molecule has 2 aromatic heterocycles. The zero-order valence-electron chi connectivity index (χ0n) is 14.8. The van der Waals surface area contributed by atoms with E-state index in [1.54, 1.807) is 18.5 Å². The number of carbonyl (C=O) groups is 1. The van der Waals surface area contributed by atoms with Gasteiger partial charge in [-0.2, -0.15) is 0 Å². The van der Waals surface area contributed by atoms with Gasteiger partial charge in [0.1, 0.15) is 12.0 Å². The minimum Gasteiger partial charge on any atom is -0.461 e. The zero-order chi connectivity index (χ0) is 18.2. The van der Waals surface area contributed by atoms with Crippen molar-refractivity contribution in [1.82, 2.24) is 15.2 Å². The number of hydrogen-bond acceptors (Lipinski definition) is 4. The molecule has 0 radical (unpaired) electrons. The molecule has 2 fully saturated rings. The normalized spacial score (nSPS) is 23.2. The van der Waals surface area contributed by atoms with Gasteiger partial charge in [-0.25, -0.2) is 4.98 Å². The Labute approximate surface area is 157 Å². The largest absolute Gasteiger partial charge is 0.461 e. The van der Waals surface area contributed by atoms with Crippen LogP contribution in [-0.4, -0.2) is 41.5 Å². The Hall–Kier alpha value is -3.10. The topological polar surface area (TPSA) is 58.4 Å². The number of pyridine rings is 1. The van der Waals surface area contributed by atoms with Crippen LogP contribution in [0.4, 0.5) is 0 Å². The number of rotatable bonds is 2. The van der Waals surface area contributed by atoms with Gasteiger partial charge >= 0.3 is 0 Å². The van der Waals surface area contributed by atoms with Crippen molar-refractivity contribution < 1.29 is 9.21 Å². The minimum atomic E-state index is -0.126. The number of nitrogens with zero attached hydrogens (tertiary/aromatic N) is 2. The van der Waals surface area contributed by atoms with Crippen molar-refractivity contribution >= 4 is 16.9 Å². The van der Waals surface area contributed by atoms with Crippen LogP contribution in [-0.2, 0) is 0 Å². The first kappa shape index (κ1) is 16.1. The Balaban J connectivity index is 1.40. The lowest BCUT2D eigenvalue weighted by Gasteiger charge is -2.22. The van der Waals surface area contributed by atoms with E-state index in [0.717, 1.165) is 36.1 Å². The molecule has 1 aromatic carbocycles. The lowest BCUT2D eigenvalue weighted by molar-refractivity contribution is 0.0919. The van der Waals surface area contributed by atoms with E-state index in [4.69, 9.17) is 4.42 Å². The van der Waals surface area contributed by atoms with Gasteiger partial charge in [-0.05, 0) is 37.1 Å². The van der Waals surface area contributed by atoms with Gasteiger partial charge in [0.05, 0.1) is 11.8 Å². The van der Waals surface area contributed by atoms with Gasteiger partial charge < -0.3 is 14.6 Å². The summed E-state index contributed by atoms with van der Waals surface area (Å²) in [6.07, 6.45) is 4.38. The first-order valence-corrected chi connectivity index (χ1v) is 9.24. The third kappa shape index (κ3) is 3.09. The van der Waals surface area contributed by atoms with Gasteiger partial charge in [0.15, 0.2) is 5.58 Å². The summed E-state index contributed by atoms with van der Waals surface area (Å²) < 4.78 is 5.54. The van der Waals surface area contributed by atoms with Crippen molar-refractivity contribution in [2.75, 3.05) is 19.6 Å².